The number of likely N-dealkylation sites (tertiary alicyclic amines) is 1. The van der Waals surface area contributed by atoms with Crippen LogP contribution in [0.15, 0.2) is 30.5 Å². The van der Waals surface area contributed by atoms with E-state index in [9.17, 15) is 9.59 Å². The molecule has 4 aliphatic rings. The average molecular weight is 532 g/mol. The zero-order valence-corrected chi connectivity index (χ0v) is 22.8. The molecule has 208 valence electrons. The number of nitrogens with zero attached hydrogens (tertiary/aromatic N) is 4. The number of primary amides is 1. The highest BCUT2D eigenvalue weighted by Crippen LogP contribution is 2.35. The van der Waals surface area contributed by atoms with Gasteiger partial charge in [-0.05, 0) is 88.1 Å². The highest BCUT2D eigenvalue weighted by molar-refractivity contribution is 5.96. The number of carbonyl (C=O) groups excluding carboxylic acids is 2. The molecule has 39 heavy (non-hydrogen) atoms. The number of benzene rings is 1. The molecule has 2 aliphatic carbocycles. The quantitative estimate of drug-likeness (QED) is 0.472. The molecule has 4 N–H and O–H groups in total. The maximum Gasteiger partial charge on any atom is 0.271 e. The van der Waals surface area contributed by atoms with E-state index in [4.69, 9.17) is 10.7 Å². The van der Waals surface area contributed by atoms with Crippen molar-refractivity contribution in [3.05, 3.63) is 41.7 Å². The lowest BCUT2D eigenvalue weighted by atomic mass is 9.89. The van der Waals surface area contributed by atoms with Crippen LogP contribution in [0, 0.1) is 5.92 Å². The highest BCUT2D eigenvalue weighted by Gasteiger charge is 2.32. The van der Waals surface area contributed by atoms with E-state index < -0.39 is 5.91 Å². The first kappa shape index (κ1) is 26.0. The van der Waals surface area contributed by atoms with Crippen molar-refractivity contribution in [2.24, 2.45) is 11.7 Å². The molecule has 2 saturated heterocycles. The predicted octanol–water partition coefficient (Wildman–Crippen LogP) is 3.94. The van der Waals surface area contributed by atoms with Crippen LogP contribution in [0.4, 0.5) is 17.3 Å². The van der Waals surface area contributed by atoms with Crippen LogP contribution in [0.25, 0.3) is 0 Å². The van der Waals surface area contributed by atoms with Gasteiger partial charge in [-0.25, -0.2) is 9.97 Å². The maximum atomic E-state index is 12.7. The van der Waals surface area contributed by atoms with Gasteiger partial charge in [-0.2, -0.15) is 0 Å². The third kappa shape index (κ3) is 6.19. The van der Waals surface area contributed by atoms with Gasteiger partial charge in [0.2, 0.25) is 5.91 Å². The van der Waals surface area contributed by atoms with E-state index in [0.29, 0.717) is 24.1 Å². The lowest BCUT2D eigenvalue weighted by molar-refractivity contribution is -0.125. The SMILES string of the molecule is NC(=O)c1ncc(N2CCCC(NC(=O)C3CCCC3)C2)nc1Nc1ccc(C2CCN(C3CC3)CC2)cc1. The monoisotopic (exact) mass is 531 g/mol. The fraction of sp³-hybridized carbons (Fsp3) is 0.600. The number of amides is 2. The Kier molecular flexibility index (Phi) is 7.68. The average Bonchev–Trinajstić information content (AvgIpc) is 3.66. The molecule has 1 unspecified atom stereocenters. The van der Waals surface area contributed by atoms with Gasteiger partial charge in [0.25, 0.3) is 5.91 Å². The Morgan fingerprint density at radius 1 is 0.897 bits per heavy atom. The molecule has 2 amide bonds. The first-order valence-electron chi connectivity index (χ1n) is 14.9. The van der Waals surface area contributed by atoms with Crippen LogP contribution in [-0.2, 0) is 4.79 Å². The zero-order chi connectivity index (χ0) is 26.8. The van der Waals surface area contributed by atoms with Crippen molar-refractivity contribution in [1.82, 2.24) is 20.2 Å². The smallest absolute Gasteiger partial charge is 0.271 e. The molecule has 0 bridgehead atoms. The molecule has 9 nitrogen and oxygen atoms in total. The first-order valence-corrected chi connectivity index (χ1v) is 14.9. The Morgan fingerprint density at radius 2 is 1.64 bits per heavy atom. The molecule has 3 heterocycles. The van der Waals surface area contributed by atoms with Gasteiger partial charge in [0.05, 0.1) is 6.20 Å². The number of anilines is 3. The van der Waals surface area contributed by atoms with Crippen molar-refractivity contribution in [1.29, 1.82) is 0 Å². The van der Waals surface area contributed by atoms with Crippen LogP contribution in [0.3, 0.4) is 0 Å². The minimum Gasteiger partial charge on any atom is -0.364 e. The van der Waals surface area contributed by atoms with Gasteiger partial charge in [0.15, 0.2) is 11.5 Å². The number of aromatic nitrogens is 2. The van der Waals surface area contributed by atoms with Gasteiger partial charge < -0.3 is 26.2 Å². The lowest BCUT2D eigenvalue weighted by Crippen LogP contribution is -2.49. The summed E-state index contributed by atoms with van der Waals surface area (Å²) in [6.07, 6.45) is 13.0. The van der Waals surface area contributed by atoms with Crippen LogP contribution in [-0.4, -0.2) is 64.9 Å². The second kappa shape index (κ2) is 11.5. The number of nitrogens with one attached hydrogen (secondary N) is 2. The zero-order valence-electron chi connectivity index (χ0n) is 22.8. The predicted molar refractivity (Wildman–Crippen MR) is 152 cm³/mol. The molecule has 1 aromatic carbocycles. The molecule has 1 atom stereocenters. The van der Waals surface area contributed by atoms with Gasteiger partial charge in [0, 0.05) is 36.8 Å². The Labute approximate surface area is 230 Å². The standard InChI is InChI=1S/C30H41N7O2/c31-28(38)27-29(33-23-9-7-20(8-10-23)21-13-16-36(17-14-21)25-11-12-25)35-26(18-32-27)37-15-3-6-24(19-37)34-30(39)22-4-1-2-5-22/h7-10,18,21-22,24-25H,1-6,11-17,19H2,(H2,31,38)(H,33,35)(H,34,39). The fourth-order valence-corrected chi connectivity index (χ4v) is 6.62. The third-order valence-electron chi connectivity index (χ3n) is 9.05. The molecule has 2 saturated carbocycles. The molecule has 0 radical (unpaired) electrons. The van der Waals surface area contributed by atoms with E-state index in [1.54, 1.807) is 6.20 Å². The summed E-state index contributed by atoms with van der Waals surface area (Å²) in [5.74, 6) is 1.38. The molecular weight excluding hydrogens is 490 g/mol. The molecule has 9 heteroatoms. The van der Waals surface area contributed by atoms with Crippen molar-refractivity contribution >= 4 is 29.1 Å². The molecule has 4 fully saturated rings. The summed E-state index contributed by atoms with van der Waals surface area (Å²) in [6.45, 7) is 3.90. The summed E-state index contributed by atoms with van der Waals surface area (Å²) in [7, 11) is 0. The summed E-state index contributed by atoms with van der Waals surface area (Å²) in [5.41, 5.74) is 7.98. The Morgan fingerprint density at radius 3 is 2.33 bits per heavy atom. The Hall–Kier alpha value is -3.20. The van der Waals surface area contributed by atoms with Crippen molar-refractivity contribution in [2.75, 3.05) is 36.4 Å². The molecule has 2 aliphatic heterocycles. The number of rotatable bonds is 8. The van der Waals surface area contributed by atoms with E-state index in [-0.39, 0.29) is 23.6 Å². The van der Waals surface area contributed by atoms with Gasteiger partial charge in [-0.3, -0.25) is 9.59 Å². The number of piperidine rings is 2. The van der Waals surface area contributed by atoms with E-state index >= 15 is 0 Å². The second-order valence-corrected chi connectivity index (χ2v) is 11.9. The van der Waals surface area contributed by atoms with E-state index in [2.05, 4.69) is 49.7 Å². The van der Waals surface area contributed by atoms with Crippen LogP contribution in [0.2, 0.25) is 0 Å². The maximum absolute atomic E-state index is 12.7. The van der Waals surface area contributed by atoms with Crippen LogP contribution in [0.5, 0.6) is 0 Å². The van der Waals surface area contributed by atoms with Crippen molar-refractivity contribution < 1.29 is 9.59 Å². The summed E-state index contributed by atoms with van der Waals surface area (Å²) >= 11 is 0. The van der Waals surface area contributed by atoms with Gasteiger partial charge in [0.1, 0.15) is 5.82 Å². The van der Waals surface area contributed by atoms with Crippen LogP contribution >= 0.6 is 0 Å². The normalized spacial score (nSPS) is 23.1. The number of carbonyl (C=O) groups is 2. The number of nitrogens with two attached hydrogens (primary N) is 1. The van der Waals surface area contributed by atoms with Crippen molar-refractivity contribution in [2.45, 2.75) is 82.2 Å². The topological polar surface area (TPSA) is 116 Å². The van der Waals surface area contributed by atoms with Gasteiger partial charge in [-0.15, -0.1) is 0 Å². The lowest BCUT2D eigenvalue weighted by Gasteiger charge is -2.34. The molecule has 1 aromatic heterocycles. The summed E-state index contributed by atoms with van der Waals surface area (Å²) in [5, 5.41) is 6.56. The Bertz CT molecular complexity index is 1170. The largest absolute Gasteiger partial charge is 0.364 e. The summed E-state index contributed by atoms with van der Waals surface area (Å²) in [6, 6.07) is 9.41. The molecule has 2 aromatic rings. The van der Waals surface area contributed by atoms with E-state index in [0.717, 1.165) is 56.8 Å². The number of hydrogen-bond donors (Lipinski definition) is 3. The van der Waals surface area contributed by atoms with Crippen LogP contribution < -0.4 is 21.3 Å². The van der Waals surface area contributed by atoms with Crippen molar-refractivity contribution in [3.63, 3.8) is 0 Å². The first-order chi connectivity index (χ1) is 19.0. The summed E-state index contributed by atoms with van der Waals surface area (Å²) < 4.78 is 0. The van der Waals surface area contributed by atoms with Gasteiger partial charge in [-0.1, -0.05) is 25.0 Å². The van der Waals surface area contributed by atoms with Crippen LogP contribution in [0.1, 0.15) is 86.2 Å². The van der Waals surface area contributed by atoms with Gasteiger partial charge >= 0.3 is 0 Å². The minimum atomic E-state index is -0.615. The van der Waals surface area contributed by atoms with E-state index in [1.165, 1.54) is 44.3 Å². The molecular formula is C30H41N7O2. The molecule has 6 rings (SSSR count). The second-order valence-electron chi connectivity index (χ2n) is 11.9. The highest BCUT2D eigenvalue weighted by atomic mass is 16.2. The third-order valence-corrected chi connectivity index (χ3v) is 9.05. The summed E-state index contributed by atoms with van der Waals surface area (Å²) in [4.78, 5) is 38.8. The molecule has 0 spiro atoms. The number of hydrogen-bond acceptors (Lipinski definition) is 7. The van der Waals surface area contributed by atoms with E-state index in [1.807, 2.05) is 0 Å². The fourth-order valence-electron chi connectivity index (χ4n) is 6.62. The Balaban J connectivity index is 1.11. The van der Waals surface area contributed by atoms with Crippen molar-refractivity contribution in [3.8, 4) is 0 Å². The minimum absolute atomic E-state index is 0.0876.